The van der Waals surface area contributed by atoms with Gasteiger partial charge in [-0.1, -0.05) is 0 Å². The second-order valence-electron chi connectivity index (χ2n) is 10.9. The Morgan fingerprint density at radius 1 is 0.696 bits per heavy atom. The average molecular weight is 324 g/mol. The molecule has 0 unspecified atom stereocenters. The van der Waals surface area contributed by atoms with Crippen molar-refractivity contribution in [1.29, 1.82) is 0 Å². The molecule has 3 nitrogen and oxygen atoms in total. The minimum atomic E-state index is 0.234. The Kier molecular flexibility index (Phi) is 5.27. The summed E-state index contributed by atoms with van der Waals surface area (Å²) in [7, 11) is 0. The fraction of sp³-hybridized carbons (Fsp3) is 1.00. The molecular formula is C20H41N3. The molecule has 0 saturated carbocycles. The van der Waals surface area contributed by atoms with Gasteiger partial charge in [0.2, 0.25) is 0 Å². The Hall–Kier alpha value is -0.120. The summed E-state index contributed by atoms with van der Waals surface area (Å²) in [6.07, 6.45) is 6.33. The molecule has 0 aromatic rings. The van der Waals surface area contributed by atoms with Crippen LogP contribution in [-0.4, -0.2) is 34.7 Å². The highest BCUT2D eigenvalue weighted by atomic mass is 15.1. The lowest BCUT2D eigenvalue weighted by atomic mass is 9.74. The molecule has 0 aromatic heterocycles. The van der Waals surface area contributed by atoms with Crippen LogP contribution < -0.4 is 16.0 Å². The number of hydrogen-bond acceptors (Lipinski definition) is 3. The van der Waals surface area contributed by atoms with Gasteiger partial charge in [-0.2, -0.15) is 0 Å². The average Bonchev–Trinajstić information content (AvgIpc) is 2.19. The number of nitrogens with one attached hydrogen (secondary N) is 3. The summed E-state index contributed by atoms with van der Waals surface area (Å²) in [5.41, 5.74) is 1.01. The summed E-state index contributed by atoms with van der Waals surface area (Å²) < 4.78 is 0. The van der Waals surface area contributed by atoms with Crippen LogP contribution in [0.1, 0.15) is 87.5 Å². The summed E-state index contributed by atoms with van der Waals surface area (Å²) in [6.45, 7) is 19.9. The first-order valence-corrected chi connectivity index (χ1v) is 9.60. The van der Waals surface area contributed by atoms with E-state index < -0.39 is 0 Å². The lowest BCUT2D eigenvalue weighted by Crippen LogP contribution is -2.61. The second kappa shape index (κ2) is 6.31. The van der Waals surface area contributed by atoms with Crippen LogP contribution in [0.15, 0.2) is 0 Å². The van der Waals surface area contributed by atoms with E-state index in [4.69, 9.17) is 0 Å². The fourth-order valence-electron chi connectivity index (χ4n) is 5.70. The van der Waals surface area contributed by atoms with Gasteiger partial charge in [0, 0.05) is 28.2 Å². The van der Waals surface area contributed by atoms with Gasteiger partial charge in [0.15, 0.2) is 0 Å². The van der Waals surface area contributed by atoms with Crippen molar-refractivity contribution in [2.24, 2.45) is 5.92 Å². The van der Waals surface area contributed by atoms with E-state index in [1.807, 2.05) is 0 Å². The topological polar surface area (TPSA) is 36.1 Å². The third-order valence-electron chi connectivity index (χ3n) is 5.45. The first-order valence-electron chi connectivity index (χ1n) is 9.60. The Bertz CT molecular complexity index is 339. The lowest BCUT2D eigenvalue weighted by molar-refractivity contribution is 0.117. The van der Waals surface area contributed by atoms with Gasteiger partial charge in [-0.25, -0.2) is 0 Å². The second-order valence-corrected chi connectivity index (χ2v) is 10.9. The van der Waals surface area contributed by atoms with Gasteiger partial charge in [0.05, 0.1) is 0 Å². The SMILES string of the molecule is CC1(C)CC(CCNC2CC(C)(C)NC(C)(C)C2)CC(C)(C)N1. The molecule has 136 valence electrons. The number of piperidine rings is 2. The van der Waals surface area contributed by atoms with E-state index in [1.54, 1.807) is 0 Å². The summed E-state index contributed by atoms with van der Waals surface area (Å²) in [6, 6.07) is 0.643. The highest BCUT2D eigenvalue weighted by Crippen LogP contribution is 2.34. The summed E-state index contributed by atoms with van der Waals surface area (Å²) in [5, 5.41) is 11.4. The normalized spacial score (nSPS) is 30.3. The molecule has 3 heteroatoms. The van der Waals surface area contributed by atoms with Crippen molar-refractivity contribution >= 4 is 0 Å². The van der Waals surface area contributed by atoms with Crippen LogP contribution in [-0.2, 0) is 0 Å². The van der Waals surface area contributed by atoms with Crippen LogP contribution in [0.5, 0.6) is 0 Å². The van der Waals surface area contributed by atoms with Crippen LogP contribution in [0.3, 0.4) is 0 Å². The molecule has 2 aliphatic heterocycles. The van der Waals surface area contributed by atoms with Crippen LogP contribution in [0.4, 0.5) is 0 Å². The van der Waals surface area contributed by atoms with Crippen molar-refractivity contribution in [2.75, 3.05) is 6.54 Å². The molecule has 2 fully saturated rings. The molecule has 3 N–H and O–H groups in total. The summed E-state index contributed by atoms with van der Waals surface area (Å²) >= 11 is 0. The van der Waals surface area contributed by atoms with Crippen LogP contribution in [0.2, 0.25) is 0 Å². The van der Waals surface area contributed by atoms with Gasteiger partial charge in [0.25, 0.3) is 0 Å². The molecule has 0 amide bonds. The maximum Gasteiger partial charge on any atom is 0.0144 e. The van der Waals surface area contributed by atoms with E-state index in [2.05, 4.69) is 71.3 Å². The number of rotatable bonds is 4. The largest absolute Gasteiger partial charge is 0.314 e. The molecule has 0 radical (unpaired) electrons. The quantitative estimate of drug-likeness (QED) is 0.736. The lowest BCUT2D eigenvalue weighted by Gasteiger charge is -2.48. The Morgan fingerprint density at radius 2 is 1.09 bits per heavy atom. The van der Waals surface area contributed by atoms with Gasteiger partial charge in [-0.15, -0.1) is 0 Å². The van der Waals surface area contributed by atoms with Crippen LogP contribution >= 0.6 is 0 Å². The van der Waals surface area contributed by atoms with Gasteiger partial charge in [-0.05, 0) is 100.0 Å². The van der Waals surface area contributed by atoms with Crippen molar-refractivity contribution in [3.05, 3.63) is 0 Å². The third-order valence-corrected chi connectivity index (χ3v) is 5.45. The molecule has 23 heavy (non-hydrogen) atoms. The fourth-order valence-corrected chi connectivity index (χ4v) is 5.70. The standard InChI is InChI=1S/C20H41N3/c1-17(2)11-15(12-18(3,4)22-17)9-10-21-16-13-19(5,6)23-20(7,8)14-16/h15-16,21-23H,9-14H2,1-8H3. The molecule has 0 bridgehead atoms. The molecule has 0 spiro atoms. The van der Waals surface area contributed by atoms with Gasteiger partial charge in [0.1, 0.15) is 0 Å². The minimum absolute atomic E-state index is 0.234. The van der Waals surface area contributed by atoms with Gasteiger partial charge in [-0.3, -0.25) is 0 Å². The predicted molar refractivity (Wildman–Crippen MR) is 101 cm³/mol. The molecule has 0 atom stereocenters. The summed E-state index contributed by atoms with van der Waals surface area (Å²) in [4.78, 5) is 0. The van der Waals surface area contributed by atoms with Crippen molar-refractivity contribution in [3.8, 4) is 0 Å². The zero-order chi connectivity index (χ0) is 17.5. The number of hydrogen-bond donors (Lipinski definition) is 3. The highest BCUT2D eigenvalue weighted by molar-refractivity contribution is 5.00. The molecule has 2 saturated heterocycles. The van der Waals surface area contributed by atoms with Crippen molar-refractivity contribution in [1.82, 2.24) is 16.0 Å². The smallest absolute Gasteiger partial charge is 0.0144 e. The first kappa shape index (κ1) is 19.2. The van der Waals surface area contributed by atoms with E-state index in [0.29, 0.717) is 6.04 Å². The van der Waals surface area contributed by atoms with E-state index in [0.717, 1.165) is 12.5 Å². The highest BCUT2D eigenvalue weighted by Gasteiger charge is 2.39. The Morgan fingerprint density at radius 3 is 1.52 bits per heavy atom. The van der Waals surface area contributed by atoms with Crippen molar-refractivity contribution < 1.29 is 0 Å². The monoisotopic (exact) mass is 323 g/mol. The van der Waals surface area contributed by atoms with E-state index in [9.17, 15) is 0 Å². The van der Waals surface area contributed by atoms with E-state index in [-0.39, 0.29) is 22.2 Å². The molecule has 2 aliphatic rings. The maximum atomic E-state index is 3.87. The van der Waals surface area contributed by atoms with Crippen LogP contribution in [0.25, 0.3) is 0 Å². The minimum Gasteiger partial charge on any atom is -0.314 e. The van der Waals surface area contributed by atoms with Crippen molar-refractivity contribution in [3.63, 3.8) is 0 Å². The summed E-state index contributed by atoms with van der Waals surface area (Å²) in [5.74, 6) is 0.830. The van der Waals surface area contributed by atoms with Crippen LogP contribution in [0, 0.1) is 5.92 Å². The molecule has 0 aromatic carbocycles. The zero-order valence-electron chi connectivity index (χ0n) is 16.9. The Labute approximate surface area is 144 Å². The van der Waals surface area contributed by atoms with E-state index >= 15 is 0 Å². The zero-order valence-corrected chi connectivity index (χ0v) is 16.9. The van der Waals surface area contributed by atoms with Gasteiger partial charge >= 0.3 is 0 Å². The molecule has 2 heterocycles. The maximum absolute atomic E-state index is 3.87. The molecular weight excluding hydrogens is 282 g/mol. The predicted octanol–water partition coefficient (Wildman–Crippen LogP) is 3.83. The molecule has 0 aliphatic carbocycles. The third kappa shape index (κ3) is 6.03. The van der Waals surface area contributed by atoms with Gasteiger partial charge < -0.3 is 16.0 Å². The van der Waals surface area contributed by atoms with Crippen molar-refractivity contribution in [2.45, 2.75) is 116 Å². The Balaban J connectivity index is 1.83. The first-order chi connectivity index (χ1) is 10.3. The molecule has 2 rings (SSSR count). The van der Waals surface area contributed by atoms with E-state index in [1.165, 1.54) is 32.1 Å².